The van der Waals surface area contributed by atoms with Crippen molar-refractivity contribution in [2.75, 3.05) is 11.9 Å². The Morgan fingerprint density at radius 1 is 1.00 bits per heavy atom. The van der Waals surface area contributed by atoms with Crippen LogP contribution in [0.25, 0.3) is 0 Å². The number of allylic oxidation sites excluding steroid dienone is 3. The van der Waals surface area contributed by atoms with Gasteiger partial charge in [0.2, 0.25) is 0 Å². The Kier molecular flexibility index (Phi) is 3.60. The number of anilines is 1. The smallest absolute Gasteiger partial charge is 0.0408 e. The molecule has 0 fully saturated rings. The third-order valence-corrected chi connectivity index (χ3v) is 3.48. The molecular weight excluding hydrogens is 218 g/mol. The Morgan fingerprint density at radius 3 is 2.17 bits per heavy atom. The third-order valence-electron chi connectivity index (χ3n) is 3.48. The van der Waals surface area contributed by atoms with Crippen molar-refractivity contribution in [3.05, 3.63) is 53.8 Å². The molecule has 0 atom stereocenters. The van der Waals surface area contributed by atoms with Crippen molar-refractivity contribution in [1.82, 2.24) is 0 Å². The number of hydrogen-bond donors (Lipinski definition) is 0. The van der Waals surface area contributed by atoms with Gasteiger partial charge in [-0.25, -0.2) is 0 Å². The maximum atomic E-state index is 2.30. The van der Waals surface area contributed by atoms with Gasteiger partial charge in [0.1, 0.15) is 0 Å². The summed E-state index contributed by atoms with van der Waals surface area (Å²) < 4.78 is 0. The molecule has 0 saturated heterocycles. The first-order valence-electron chi connectivity index (χ1n) is 6.69. The van der Waals surface area contributed by atoms with Gasteiger partial charge in [0.05, 0.1) is 0 Å². The molecule has 0 bridgehead atoms. The first-order valence-corrected chi connectivity index (χ1v) is 6.69. The van der Waals surface area contributed by atoms with Gasteiger partial charge >= 0.3 is 0 Å². The van der Waals surface area contributed by atoms with Gasteiger partial charge in [-0.2, -0.15) is 0 Å². The van der Waals surface area contributed by atoms with Crippen molar-refractivity contribution in [3.8, 4) is 0 Å². The zero-order valence-corrected chi connectivity index (χ0v) is 11.9. The van der Waals surface area contributed by atoms with Gasteiger partial charge in [-0.05, 0) is 42.0 Å². The molecule has 0 radical (unpaired) electrons. The molecule has 1 nitrogen and oxygen atoms in total. The SMILES string of the molecule is CN(C1=CCCC=C1)c1ccc(C(C)(C)C)cc1. The fraction of sp³-hybridized carbons (Fsp3) is 0.412. The molecule has 0 saturated carbocycles. The Hall–Kier alpha value is -1.50. The van der Waals surface area contributed by atoms with E-state index in [2.05, 4.69) is 75.2 Å². The van der Waals surface area contributed by atoms with Gasteiger partial charge in [-0.3, -0.25) is 0 Å². The van der Waals surface area contributed by atoms with E-state index in [9.17, 15) is 0 Å². The minimum Gasteiger partial charge on any atom is -0.345 e. The topological polar surface area (TPSA) is 3.24 Å². The summed E-state index contributed by atoms with van der Waals surface area (Å²) in [5.41, 5.74) is 4.15. The van der Waals surface area contributed by atoms with Crippen LogP contribution in [0.15, 0.2) is 48.2 Å². The van der Waals surface area contributed by atoms with Crippen LogP contribution in [0.4, 0.5) is 5.69 Å². The number of nitrogens with zero attached hydrogens (tertiary/aromatic N) is 1. The Balaban J connectivity index is 2.19. The van der Waals surface area contributed by atoms with Crippen LogP contribution < -0.4 is 4.90 Å². The van der Waals surface area contributed by atoms with Crippen molar-refractivity contribution in [1.29, 1.82) is 0 Å². The van der Waals surface area contributed by atoms with Crippen molar-refractivity contribution in [3.63, 3.8) is 0 Å². The molecule has 1 aromatic rings. The fourth-order valence-electron chi connectivity index (χ4n) is 2.18. The zero-order chi connectivity index (χ0) is 13.2. The highest BCUT2D eigenvalue weighted by Gasteiger charge is 2.14. The molecule has 1 heteroatoms. The standard InChI is InChI=1S/C17H23N/c1-17(2,3)14-10-12-16(13-11-14)18(4)15-8-6-5-7-9-15/h6,8-13H,5,7H2,1-4H3. The molecule has 0 aromatic heterocycles. The molecule has 0 heterocycles. The van der Waals surface area contributed by atoms with Crippen LogP contribution in [0, 0.1) is 0 Å². The number of benzene rings is 1. The average Bonchev–Trinajstić information content (AvgIpc) is 2.38. The van der Waals surface area contributed by atoms with Gasteiger partial charge in [0, 0.05) is 18.4 Å². The van der Waals surface area contributed by atoms with E-state index < -0.39 is 0 Å². The lowest BCUT2D eigenvalue weighted by atomic mass is 9.87. The molecule has 96 valence electrons. The molecule has 1 aliphatic carbocycles. The minimum atomic E-state index is 0.223. The van der Waals surface area contributed by atoms with E-state index in [1.165, 1.54) is 23.4 Å². The van der Waals surface area contributed by atoms with Crippen LogP contribution in [-0.2, 0) is 5.41 Å². The number of likely N-dealkylation sites (N-methyl/N-ethyl adjacent to an activating group) is 1. The number of hydrogen-bond acceptors (Lipinski definition) is 1. The van der Waals surface area contributed by atoms with Crippen LogP contribution in [0.3, 0.4) is 0 Å². The highest BCUT2D eigenvalue weighted by molar-refractivity contribution is 5.55. The molecule has 1 aliphatic rings. The van der Waals surface area contributed by atoms with Gasteiger partial charge in [-0.15, -0.1) is 0 Å². The Morgan fingerprint density at radius 2 is 1.67 bits per heavy atom. The molecule has 2 rings (SSSR count). The van der Waals surface area contributed by atoms with Crippen molar-refractivity contribution in [2.24, 2.45) is 0 Å². The summed E-state index contributed by atoms with van der Waals surface area (Å²) in [7, 11) is 2.13. The van der Waals surface area contributed by atoms with Crippen molar-refractivity contribution >= 4 is 5.69 Å². The normalized spacial score (nSPS) is 15.4. The first kappa shape index (κ1) is 12.9. The summed E-state index contributed by atoms with van der Waals surface area (Å²) in [6, 6.07) is 8.89. The van der Waals surface area contributed by atoms with E-state index in [0.29, 0.717) is 0 Å². The number of rotatable bonds is 2. The van der Waals surface area contributed by atoms with Crippen LogP contribution in [-0.4, -0.2) is 7.05 Å². The molecule has 0 amide bonds. The molecular formula is C17H23N. The van der Waals surface area contributed by atoms with E-state index in [-0.39, 0.29) is 5.41 Å². The Bertz CT molecular complexity index is 457. The second-order valence-electron chi connectivity index (χ2n) is 5.96. The summed E-state index contributed by atoms with van der Waals surface area (Å²) >= 11 is 0. The molecule has 0 N–H and O–H groups in total. The lowest BCUT2D eigenvalue weighted by molar-refractivity contribution is 0.590. The van der Waals surface area contributed by atoms with Crippen LogP contribution in [0.1, 0.15) is 39.2 Å². The van der Waals surface area contributed by atoms with Crippen molar-refractivity contribution < 1.29 is 0 Å². The van der Waals surface area contributed by atoms with Crippen molar-refractivity contribution in [2.45, 2.75) is 39.0 Å². The van der Waals surface area contributed by atoms with E-state index in [1.807, 2.05) is 0 Å². The second kappa shape index (κ2) is 5.01. The summed E-state index contributed by atoms with van der Waals surface area (Å²) in [4.78, 5) is 2.25. The molecule has 0 unspecified atom stereocenters. The highest BCUT2D eigenvalue weighted by atomic mass is 15.1. The maximum absolute atomic E-state index is 2.30. The molecule has 0 aliphatic heterocycles. The minimum absolute atomic E-state index is 0.223. The van der Waals surface area contributed by atoms with E-state index in [4.69, 9.17) is 0 Å². The molecule has 0 spiro atoms. The predicted octanol–water partition coefficient (Wildman–Crippen LogP) is 4.65. The summed E-state index contributed by atoms with van der Waals surface area (Å²) in [6.07, 6.45) is 9.07. The highest BCUT2D eigenvalue weighted by Crippen LogP contribution is 2.26. The van der Waals surface area contributed by atoms with E-state index in [0.717, 1.165) is 6.42 Å². The summed E-state index contributed by atoms with van der Waals surface area (Å²) in [5, 5.41) is 0. The average molecular weight is 241 g/mol. The molecule has 1 aromatic carbocycles. The van der Waals surface area contributed by atoms with Gasteiger partial charge in [0.15, 0.2) is 0 Å². The lowest BCUT2D eigenvalue weighted by Crippen LogP contribution is -2.16. The summed E-state index contributed by atoms with van der Waals surface area (Å²) in [5.74, 6) is 0. The first-order chi connectivity index (χ1) is 8.48. The van der Waals surface area contributed by atoms with Gasteiger partial charge in [0.25, 0.3) is 0 Å². The van der Waals surface area contributed by atoms with E-state index >= 15 is 0 Å². The molecule has 18 heavy (non-hydrogen) atoms. The Labute approximate surface area is 111 Å². The van der Waals surface area contributed by atoms with Crippen LogP contribution in [0.2, 0.25) is 0 Å². The predicted molar refractivity (Wildman–Crippen MR) is 80.0 cm³/mol. The maximum Gasteiger partial charge on any atom is 0.0408 e. The monoisotopic (exact) mass is 241 g/mol. The van der Waals surface area contributed by atoms with E-state index in [1.54, 1.807) is 0 Å². The summed E-state index contributed by atoms with van der Waals surface area (Å²) in [6.45, 7) is 6.74. The zero-order valence-electron chi connectivity index (χ0n) is 11.9. The van der Waals surface area contributed by atoms with Gasteiger partial charge < -0.3 is 4.90 Å². The van der Waals surface area contributed by atoms with Crippen LogP contribution >= 0.6 is 0 Å². The third kappa shape index (κ3) is 2.84. The van der Waals surface area contributed by atoms with Crippen LogP contribution in [0.5, 0.6) is 0 Å². The quantitative estimate of drug-likeness (QED) is 0.728. The fourth-order valence-corrected chi connectivity index (χ4v) is 2.18. The second-order valence-corrected chi connectivity index (χ2v) is 5.96. The van der Waals surface area contributed by atoms with Gasteiger partial charge in [-0.1, -0.05) is 45.1 Å². The largest absolute Gasteiger partial charge is 0.345 e. The lowest BCUT2D eigenvalue weighted by Gasteiger charge is -2.24.